The van der Waals surface area contributed by atoms with Gasteiger partial charge in [0.25, 0.3) is 0 Å². The van der Waals surface area contributed by atoms with Gasteiger partial charge >= 0.3 is 0 Å². The minimum atomic E-state index is 0.0222. The molecule has 1 atom stereocenters. The molecule has 1 unspecified atom stereocenters. The van der Waals surface area contributed by atoms with E-state index >= 15 is 0 Å². The highest BCUT2D eigenvalue weighted by molar-refractivity contribution is 9.10. The van der Waals surface area contributed by atoms with Crippen molar-refractivity contribution in [1.82, 2.24) is 0 Å². The number of nitrogens with two attached hydrogens (primary N) is 1. The van der Waals surface area contributed by atoms with Crippen molar-refractivity contribution in [2.75, 3.05) is 11.9 Å². The van der Waals surface area contributed by atoms with Crippen LogP contribution in [0.3, 0.4) is 0 Å². The number of rotatable bonds is 5. The van der Waals surface area contributed by atoms with Gasteiger partial charge in [-0.2, -0.15) is 0 Å². The lowest BCUT2D eigenvalue weighted by atomic mass is 9.94. The molecule has 3 N–H and O–H groups in total. The summed E-state index contributed by atoms with van der Waals surface area (Å²) in [4.78, 5) is 0. The molecule has 0 radical (unpaired) electrons. The summed E-state index contributed by atoms with van der Waals surface area (Å²) in [7, 11) is 0. The Hall–Kier alpha value is -0.540. The van der Waals surface area contributed by atoms with Crippen LogP contribution in [0.2, 0.25) is 0 Å². The molecule has 0 aromatic heterocycles. The Morgan fingerprint density at radius 1 is 1.41 bits per heavy atom. The summed E-state index contributed by atoms with van der Waals surface area (Å²) in [5, 5.41) is 3.60. The molecule has 0 heterocycles. The molecule has 1 aliphatic carbocycles. The zero-order chi connectivity index (χ0) is 12.5. The molecular formula is C14H21BrN2. The third kappa shape index (κ3) is 3.71. The van der Waals surface area contributed by atoms with E-state index in [2.05, 4.69) is 53.3 Å². The van der Waals surface area contributed by atoms with E-state index < -0.39 is 0 Å². The van der Waals surface area contributed by atoms with Gasteiger partial charge in [-0.15, -0.1) is 0 Å². The maximum atomic E-state index is 5.93. The SMILES string of the molecule is Cc1cc(Br)cc(NC(C)(CN)CC2CC2)c1. The van der Waals surface area contributed by atoms with Crippen LogP contribution in [0.15, 0.2) is 22.7 Å². The van der Waals surface area contributed by atoms with Crippen molar-refractivity contribution in [3.63, 3.8) is 0 Å². The molecule has 0 bridgehead atoms. The van der Waals surface area contributed by atoms with Gasteiger partial charge < -0.3 is 11.1 Å². The second-order valence-electron chi connectivity index (χ2n) is 5.55. The van der Waals surface area contributed by atoms with Gasteiger partial charge in [-0.1, -0.05) is 28.8 Å². The fraction of sp³-hybridized carbons (Fsp3) is 0.571. The first-order valence-electron chi connectivity index (χ1n) is 6.26. The minimum absolute atomic E-state index is 0.0222. The fourth-order valence-corrected chi connectivity index (χ4v) is 2.91. The number of halogens is 1. The fourth-order valence-electron chi connectivity index (χ4n) is 2.30. The number of benzene rings is 1. The Balaban J connectivity index is 2.10. The Kier molecular flexibility index (Phi) is 3.79. The van der Waals surface area contributed by atoms with Gasteiger partial charge in [0.15, 0.2) is 0 Å². The third-order valence-electron chi connectivity index (χ3n) is 3.37. The topological polar surface area (TPSA) is 38.0 Å². The average Bonchev–Trinajstić information content (AvgIpc) is 2.99. The van der Waals surface area contributed by atoms with Crippen LogP contribution in [-0.2, 0) is 0 Å². The van der Waals surface area contributed by atoms with Crippen molar-refractivity contribution >= 4 is 21.6 Å². The molecule has 1 saturated carbocycles. The van der Waals surface area contributed by atoms with E-state index in [1.807, 2.05) is 0 Å². The molecule has 0 aliphatic heterocycles. The molecule has 2 rings (SSSR count). The Morgan fingerprint density at radius 3 is 2.65 bits per heavy atom. The van der Waals surface area contributed by atoms with Crippen molar-refractivity contribution in [2.45, 2.75) is 38.6 Å². The molecule has 1 aromatic carbocycles. The lowest BCUT2D eigenvalue weighted by Gasteiger charge is -2.31. The maximum absolute atomic E-state index is 5.93. The summed E-state index contributed by atoms with van der Waals surface area (Å²) in [6.07, 6.45) is 3.92. The van der Waals surface area contributed by atoms with Crippen LogP contribution in [0.1, 0.15) is 31.7 Å². The van der Waals surface area contributed by atoms with Crippen molar-refractivity contribution < 1.29 is 0 Å². The van der Waals surface area contributed by atoms with Crippen LogP contribution in [0.25, 0.3) is 0 Å². The van der Waals surface area contributed by atoms with E-state index in [1.54, 1.807) is 0 Å². The van der Waals surface area contributed by atoms with Crippen LogP contribution in [0, 0.1) is 12.8 Å². The number of anilines is 1. The second kappa shape index (κ2) is 4.99. The average molecular weight is 297 g/mol. The van der Waals surface area contributed by atoms with E-state index in [0.717, 1.165) is 16.1 Å². The van der Waals surface area contributed by atoms with E-state index in [-0.39, 0.29) is 5.54 Å². The van der Waals surface area contributed by atoms with Crippen molar-refractivity contribution in [3.05, 3.63) is 28.2 Å². The van der Waals surface area contributed by atoms with Crippen LogP contribution < -0.4 is 11.1 Å². The van der Waals surface area contributed by atoms with Crippen LogP contribution in [-0.4, -0.2) is 12.1 Å². The van der Waals surface area contributed by atoms with E-state index in [1.165, 1.54) is 24.8 Å². The van der Waals surface area contributed by atoms with Crippen molar-refractivity contribution in [1.29, 1.82) is 0 Å². The highest BCUT2D eigenvalue weighted by Gasteiger charge is 2.32. The van der Waals surface area contributed by atoms with Gasteiger partial charge in [-0.25, -0.2) is 0 Å². The van der Waals surface area contributed by atoms with E-state index in [0.29, 0.717) is 6.54 Å². The molecule has 17 heavy (non-hydrogen) atoms. The summed E-state index contributed by atoms with van der Waals surface area (Å²) < 4.78 is 1.12. The number of nitrogens with one attached hydrogen (secondary N) is 1. The van der Waals surface area contributed by atoms with Crippen LogP contribution in [0.4, 0.5) is 5.69 Å². The van der Waals surface area contributed by atoms with Gasteiger partial charge in [0.05, 0.1) is 0 Å². The van der Waals surface area contributed by atoms with Gasteiger partial charge in [0.2, 0.25) is 0 Å². The van der Waals surface area contributed by atoms with Crippen molar-refractivity contribution in [2.24, 2.45) is 11.7 Å². The molecule has 3 heteroatoms. The van der Waals surface area contributed by atoms with E-state index in [9.17, 15) is 0 Å². The molecular weight excluding hydrogens is 276 g/mol. The van der Waals surface area contributed by atoms with Gasteiger partial charge in [-0.05, 0) is 49.9 Å². The number of hydrogen-bond donors (Lipinski definition) is 2. The molecule has 1 fully saturated rings. The predicted molar refractivity (Wildman–Crippen MR) is 77.3 cm³/mol. The molecule has 1 aromatic rings. The van der Waals surface area contributed by atoms with Gasteiger partial charge in [-0.3, -0.25) is 0 Å². The second-order valence-corrected chi connectivity index (χ2v) is 6.47. The molecule has 0 saturated heterocycles. The molecule has 0 amide bonds. The largest absolute Gasteiger partial charge is 0.379 e. The Labute approximate surface area is 112 Å². The van der Waals surface area contributed by atoms with Gasteiger partial charge in [0.1, 0.15) is 0 Å². The standard InChI is InChI=1S/C14H21BrN2/c1-10-5-12(15)7-13(6-10)17-14(2,9-16)8-11-3-4-11/h5-7,11,17H,3-4,8-9,16H2,1-2H3. The highest BCUT2D eigenvalue weighted by Crippen LogP contribution is 2.37. The summed E-state index contributed by atoms with van der Waals surface area (Å²) >= 11 is 3.53. The monoisotopic (exact) mass is 296 g/mol. The lowest BCUT2D eigenvalue weighted by molar-refractivity contribution is 0.453. The highest BCUT2D eigenvalue weighted by atomic mass is 79.9. The van der Waals surface area contributed by atoms with Crippen LogP contribution >= 0.6 is 15.9 Å². The first kappa shape index (κ1) is 12.9. The normalized spacial score (nSPS) is 18.8. The zero-order valence-corrected chi connectivity index (χ0v) is 12.2. The summed E-state index contributed by atoms with van der Waals surface area (Å²) in [5.74, 6) is 0.879. The van der Waals surface area contributed by atoms with Crippen molar-refractivity contribution in [3.8, 4) is 0 Å². The van der Waals surface area contributed by atoms with Crippen LogP contribution in [0.5, 0.6) is 0 Å². The summed E-state index contributed by atoms with van der Waals surface area (Å²) in [6, 6.07) is 6.41. The number of aryl methyl sites for hydroxylation is 1. The van der Waals surface area contributed by atoms with E-state index in [4.69, 9.17) is 5.73 Å². The molecule has 0 spiro atoms. The Morgan fingerprint density at radius 2 is 2.12 bits per heavy atom. The Bertz CT molecular complexity index is 381. The quantitative estimate of drug-likeness (QED) is 0.870. The zero-order valence-electron chi connectivity index (χ0n) is 10.6. The molecule has 94 valence electrons. The first-order valence-corrected chi connectivity index (χ1v) is 7.05. The predicted octanol–water partition coefficient (Wildman–Crippen LogP) is 3.69. The smallest absolute Gasteiger partial charge is 0.0470 e. The molecule has 1 aliphatic rings. The maximum Gasteiger partial charge on any atom is 0.0470 e. The third-order valence-corrected chi connectivity index (χ3v) is 3.83. The minimum Gasteiger partial charge on any atom is -0.379 e. The summed E-state index contributed by atoms with van der Waals surface area (Å²) in [6.45, 7) is 5.01. The number of hydrogen-bond acceptors (Lipinski definition) is 2. The lowest BCUT2D eigenvalue weighted by Crippen LogP contribution is -2.43. The molecule has 2 nitrogen and oxygen atoms in total. The first-order chi connectivity index (χ1) is 8.00. The van der Waals surface area contributed by atoms with Gasteiger partial charge in [0, 0.05) is 22.2 Å². The summed E-state index contributed by atoms with van der Waals surface area (Å²) in [5.41, 5.74) is 8.37.